The number of primary amides is 1. The fourth-order valence-electron chi connectivity index (χ4n) is 5.82. The van der Waals surface area contributed by atoms with E-state index in [1.54, 1.807) is 33.1 Å². The number of aliphatic hydroxyl groups is 3. The maximum absolute atomic E-state index is 13.7. The van der Waals surface area contributed by atoms with Crippen molar-refractivity contribution in [3.63, 3.8) is 0 Å². The Balaban J connectivity index is 2.01. The number of Topliss-reactive ketones (excluding diaryl/α,β-unsaturated/α-hetero) is 2. The predicted octanol–water partition coefficient (Wildman–Crippen LogP) is 0.373. The number of halogens is 1. The van der Waals surface area contributed by atoms with E-state index < -0.39 is 63.8 Å². The van der Waals surface area contributed by atoms with Crippen LogP contribution in [0, 0.1) is 15.4 Å². The maximum atomic E-state index is 13.7. The number of rotatable bonds is 3. The summed E-state index contributed by atoms with van der Waals surface area (Å²) in [6.45, 7) is 0. The van der Waals surface area contributed by atoms with E-state index in [1.165, 1.54) is 4.90 Å². The second kappa shape index (κ2) is 8.10. The van der Waals surface area contributed by atoms with Gasteiger partial charge in [0.05, 0.1) is 26.6 Å². The SMILES string of the molecule is CN(C)c1c(I)c(N)c(O)c2c1CC1CC3[C@H](N(C)C)C(O)=C(C(N)=O)C(=O)[C@@]3(O)C(O)=C1C2=O. The molecule has 0 spiro atoms. The van der Waals surface area contributed by atoms with Crippen molar-refractivity contribution >= 4 is 51.4 Å². The standard InChI is InChI=1S/C23H27IN4O7/c1-27(2)15-8-5-7-6-9-16(28(3)4)19(31)12(22(26)34)21(33)23(9,35)20(32)10(7)17(29)11(8)18(30)14(25)13(15)24/h7,9,16,30-32,35H,5-6,25H2,1-4H3,(H2,26,34)/t7?,9?,16-,23-/m0/s1. The van der Waals surface area contributed by atoms with Gasteiger partial charge >= 0.3 is 0 Å². The molecule has 35 heavy (non-hydrogen) atoms. The second-order valence-corrected chi connectivity index (χ2v) is 10.7. The molecule has 0 saturated carbocycles. The topological polar surface area (TPSA) is 191 Å². The number of carbonyl (C=O) groups excluding carboxylic acids is 3. The number of aliphatic hydroxyl groups excluding tert-OH is 2. The molecule has 2 unspecified atom stereocenters. The Kier molecular flexibility index (Phi) is 5.84. The average molecular weight is 598 g/mol. The molecule has 0 aromatic heterocycles. The third kappa shape index (κ3) is 3.19. The Hall–Kier alpha value is -2.84. The third-order valence-corrected chi connectivity index (χ3v) is 8.38. The van der Waals surface area contributed by atoms with Crippen LogP contribution in [0.3, 0.4) is 0 Å². The summed E-state index contributed by atoms with van der Waals surface area (Å²) >= 11 is 1.99. The highest BCUT2D eigenvalue weighted by Crippen LogP contribution is 2.54. The van der Waals surface area contributed by atoms with Crippen LogP contribution in [0.1, 0.15) is 22.3 Å². The van der Waals surface area contributed by atoms with Crippen LogP contribution < -0.4 is 16.4 Å². The Labute approximate surface area is 214 Å². The first-order chi connectivity index (χ1) is 16.2. The minimum atomic E-state index is -2.67. The number of aromatic hydroxyl groups is 1. The molecule has 8 N–H and O–H groups in total. The number of nitrogens with two attached hydrogens (primary N) is 2. The van der Waals surface area contributed by atoms with Crippen LogP contribution in [-0.4, -0.2) is 82.6 Å². The van der Waals surface area contributed by atoms with Gasteiger partial charge in [-0.1, -0.05) is 0 Å². The number of benzene rings is 1. The highest BCUT2D eigenvalue weighted by Gasteiger charge is 2.63. The van der Waals surface area contributed by atoms with E-state index in [9.17, 15) is 34.8 Å². The van der Waals surface area contributed by atoms with Crippen molar-refractivity contribution < 1.29 is 34.8 Å². The molecule has 1 amide bonds. The van der Waals surface area contributed by atoms with Crippen molar-refractivity contribution in [2.75, 3.05) is 38.8 Å². The lowest BCUT2D eigenvalue weighted by Gasteiger charge is -2.50. The number of hydrogen-bond donors (Lipinski definition) is 6. The maximum Gasteiger partial charge on any atom is 0.255 e. The molecule has 0 fully saturated rings. The summed E-state index contributed by atoms with van der Waals surface area (Å²) in [4.78, 5) is 42.3. The van der Waals surface area contributed by atoms with Gasteiger partial charge < -0.3 is 36.8 Å². The predicted molar refractivity (Wildman–Crippen MR) is 135 cm³/mol. The van der Waals surface area contributed by atoms with E-state index in [4.69, 9.17) is 11.5 Å². The minimum Gasteiger partial charge on any atom is -0.510 e. The van der Waals surface area contributed by atoms with Gasteiger partial charge in [-0.15, -0.1) is 0 Å². The molecule has 3 aliphatic carbocycles. The summed E-state index contributed by atoms with van der Waals surface area (Å²) in [6, 6.07) is -1.03. The van der Waals surface area contributed by atoms with Crippen LogP contribution in [0.25, 0.3) is 0 Å². The molecule has 12 heteroatoms. The smallest absolute Gasteiger partial charge is 0.255 e. The molecule has 3 aliphatic rings. The zero-order chi connectivity index (χ0) is 26.3. The second-order valence-electron chi connectivity index (χ2n) is 9.64. The molecule has 188 valence electrons. The lowest BCUT2D eigenvalue weighted by molar-refractivity contribution is -0.148. The van der Waals surface area contributed by atoms with Gasteiger partial charge in [-0.2, -0.15) is 0 Å². The molecular weight excluding hydrogens is 571 g/mol. The van der Waals surface area contributed by atoms with Crippen LogP contribution in [0.15, 0.2) is 22.7 Å². The van der Waals surface area contributed by atoms with E-state index in [2.05, 4.69) is 0 Å². The van der Waals surface area contributed by atoms with Gasteiger partial charge in [0.25, 0.3) is 5.91 Å². The third-order valence-electron chi connectivity index (χ3n) is 7.29. The van der Waals surface area contributed by atoms with E-state index in [1.807, 2.05) is 22.6 Å². The van der Waals surface area contributed by atoms with Crippen LogP contribution >= 0.6 is 22.6 Å². The van der Waals surface area contributed by atoms with Gasteiger partial charge in [0.2, 0.25) is 5.78 Å². The monoisotopic (exact) mass is 598 g/mol. The first-order valence-electron chi connectivity index (χ1n) is 10.8. The largest absolute Gasteiger partial charge is 0.510 e. The molecule has 1 aromatic rings. The molecule has 4 rings (SSSR count). The number of phenols is 1. The molecule has 0 heterocycles. The molecule has 11 nitrogen and oxygen atoms in total. The molecular formula is C23H27IN4O7. The van der Waals surface area contributed by atoms with E-state index in [-0.39, 0.29) is 29.7 Å². The van der Waals surface area contributed by atoms with E-state index in [0.29, 0.717) is 14.8 Å². The fraction of sp³-hybridized carbons (Fsp3) is 0.435. The number of phenolic OH excluding ortho intramolecular Hbond substituents is 1. The highest BCUT2D eigenvalue weighted by atomic mass is 127. The molecule has 0 aliphatic heterocycles. The summed E-state index contributed by atoms with van der Waals surface area (Å²) in [6.07, 6.45) is 0.228. The number of nitrogens with zero attached hydrogens (tertiary/aromatic N) is 2. The number of nitrogen functional groups attached to an aromatic ring is 1. The summed E-state index contributed by atoms with van der Waals surface area (Å²) < 4.78 is 0.561. The highest BCUT2D eigenvalue weighted by molar-refractivity contribution is 14.1. The number of anilines is 2. The van der Waals surface area contributed by atoms with Gasteiger partial charge in [0.15, 0.2) is 17.1 Å². The van der Waals surface area contributed by atoms with E-state index in [0.717, 1.165) is 0 Å². The summed E-state index contributed by atoms with van der Waals surface area (Å²) in [5.74, 6) is -6.95. The fourth-order valence-corrected chi connectivity index (χ4v) is 6.88. The number of amides is 1. The molecule has 1 aromatic carbocycles. The molecule has 4 atom stereocenters. The summed E-state index contributed by atoms with van der Waals surface area (Å²) in [5, 5.41) is 44.5. The Morgan fingerprint density at radius 3 is 2.26 bits per heavy atom. The van der Waals surface area contributed by atoms with Gasteiger partial charge in [-0.05, 0) is 61.0 Å². The van der Waals surface area contributed by atoms with Crippen LogP contribution in [0.2, 0.25) is 0 Å². The van der Waals surface area contributed by atoms with Crippen molar-refractivity contribution in [1.29, 1.82) is 0 Å². The summed E-state index contributed by atoms with van der Waals surface area (Å²) in [5.41, 5.74) is 8.75. The number of allylic oxidation sites excluding steroid dienone is 1. The van der Waals surface area contributed by atoms with Crippen molar-refractivity contribution in [3.05, 3.63) is 37.4 Å². The molecule has 0 radical (unpaired) electrons. The normalized spacial score (nSPS) is 28.1. The zero-order valence-corrected chi connectivity index (χ0v) is 21.7. The average Bonchev–Trinajstić information content (AvgIpc) is 2.74. The van der Waals surface area contributed by atoms with Gasteiger partial charge in [-0.25, -0.2) is 0 Å². The van der Waals surface area contributed by atoms with Crippen LogP contribution in [0.5, 0.6) is 5.75 Å². The Bertz CT molecular complexity index is 1270. The van der Waals surface area contributed by atoms with Gasteiger partial charge in [0.1, 0.15) is 17.1 Å². The Morgan fingerprint density at radius 2 is 1.74 bits per heavy atom. The van der Waals surface area contributed by atoms with Gasteiger partial charge in [0, 0.05) is 25.6 Å². The zero-order valence-electron chi connectivity index (χ0n) is 19.6. The summed E-state index contributed by atoms with van der Waals surface area (Å²) in [7, 11) is 6.72. The number of likely N-dealkylation sites (N-methyl/N-ethyl adjacent to an activating group) is 1. The van der Waals surface area contributed by atoms with Crippen molar-refractivity contribution in [1.82, 2.24) is 4.90 Å². The number of fused-ring (bicyclic) bond motifs is 3. The minimum absolute atomic E-state index is 0.00220. The van der Waals surface area contributed by atoms with Crippen LogP contribution in [-0.2, 0) is 16.0 Å². The van der Waals surface area contributed by atoms with Gasteiger partial charge in [-0.3, -0.25) is 19.3 Å². The van der Waals surface area contributed by atoms with Crippen LogP contribution in [0.4, 0.5) is 11.4 Å². The van der Waals surface area contributed by atoms with Crippen molar-refractivity contribution in [2.24, 2.45) is 17.6 Å². The number of ketones is 2. The lowest BCUT2D eigenvalue weighted by Crippen LogP contribution is -2.63. The molecule has 0 bridgehead atoms. The van der Waals surface area contributed by atoms with Crippen molar-refractivity contribution in [2.45, 2.75) is 24.5 Å². The number of carbonyl (C=O) groups is 3. The number of hydrogen-bond acceptors (Lipinski definition) is 10. The van der Waals surface area contributed by atoms with E-state index >= 15 is 0 Å². The first-order valence-corrected chi connectivity index (χ1v) is 11.9. The molecule has 0 saturated heterocycles. The first kappa shape index (κ1) is 25.3. The Morgan fingerprint density at radius 1 is 1.14 bits per heavy atom. The lowest BCUT2D eigenvalue weighted by atomic mass is 9.58. The van der Waals surface area contributed by atoms with Crippen molar-refractivity contribution in [3.8, 4) is 5.75 Å². The quantitative estimate of drug-likeness (QED) is 0.123.